The first-order chi connectivity index (χ1) is 35.8. The fourth-order valence-electron chi connectivity index (χ4n) is 11.5. The summed E-state index contributed by atoms with van der Waals surface area (Å²) in [6, 6.07) is 60.1. The van der Waals surface area contributed by atoms with Gasteiger partial charge in [-0.1, -0.05) is 142 Å². The summed E-state index contributed by atoms with van der Waals surface area (Å²) >= 11 is 0. The zero-order valence-electron chi connectivity index (χ0n) is 42.1. The molecule has 2 N–H and O–H groups in total. The zero-order chi connectivity index (χ0) is 49.7. The van der Waals surface area contributed by atoms with Gasteiger partial charge >= 0.3 is 0 Å². The van der Waals surface area contributed by atoms with Crippen LogP contribution >= 0.6 is 0 Å². The molecule has 0 bridgehead atoms. The van der Waals surface area contributed by atoms with E-state index >= 15 is 0 Å². The van der Waals surface area contributed by atoms with Crippen LogP contribution < -0.4 is 24.6 Å². The van der Waals surface area contributed by atoms with Crippen LogP contribution in [0.25, 0.3) is 39.1 Å². The van der Waals surface area contributed by atoms with E-state index in [1.54, 1.807) is 7.11 Å². The van der Waals surface area contributed by atoms with E-state index in [4.69, 9.17) is 9.47 Å². The average molecular weight is 964 g/mol. The molecule has 3 aliphatic rings. The summed E-state index contributed by atoms with van der Waals surface area (Å²) in [4.78, 5) is 18.3. The molecule has 8 aromatic rings. The Morgan fingerprint density at radius 1 is 0.671 bits per heavy atom. The summed E-state index contributed by atoms with van der Waals surface area (Å²) in [5.41, 5.74) is 11.0. The van der Waals surface area contributed by atoms with Crippen molar-refractivity contribution in [2.75, 3.05) is 48.4 Å². The van der Waals surface area contributed by atoms with Crippen molar-refractivity contribution < 1.29 is 19.4 Å². The topological polar surface area (TPSA) is 74.3 Å². The van der Waals surface area contributed by atoms with Crippen LogP contribution in [0.1, 0.15) is 96.8 Å². The highest BCUT2D eigenvalue weighted by Gasteiger charge is 2.38. The number of rotatable bonds is 14. The molecule has 1 unspecified atom stereocenters. The highest BCUT2D eigenvalue weighted by Crippen LogP contribution is 2.47. The van der Waals surface area contributed by atoms with Gasteiger partial charge in [-0.2, -0.15) is 0 Å². The second-order valence-corrected chi connectivity index (χ2v) is 20.3. The van der Waals surface area contributed by atoms with E-state index in [9.17, 15) is 9.90 Å². The Balaban J connectivity index is 0.754. The largest absolute Gasteiger partial charge is 0.507 e. The number of phenolic OH excluding ortho intramolecular Hbond substituents is 1. The molecule has 1 aliphatic carbocycles. The fraction of sp³-hybridized carbons (Fsp3) is 0.258. The monoisotopic (exact) mass is 963 g/mol. The third kappa shape index (κ3) is 10.1. The number of carbonyl (C=O) groups is 1. The van der Waals surface area contributed by atoms with Crippen LogP contribution in [0.4, 0.5) is 17.1 Å². The molecule has 2 heterocycles. The number of carbonyl (C=O) groups excluding carboxylic acids is 1. The fourth-order valence-corrected chi connectivity index (χ4v) is 11.5. The van der Waals surface area contributed by atoms with E-state index in [1.807, 2.05) is 78.9 Å². The van der Waals surface area contributed by atoms with Crippen molar-refractivity contribution in [3.05, 3.63) is 210 Å². The normalized spacial score (nSPS) is 18.5. The van der Waals surface area contributed by atoms with Crippen LogP contribution in [-0.4, -0.2) is 44.3 Å². The number of fused-ring (bicyclic) bond motifs is 3. The SMILES string of the molecule is CCCCC[C@H]1CC[C@H](c2ccc(-c3ccc(C(=O)Nc4ccc(-c5cc6ccc7c(c6cc5O)OC(c5ccccc5)(c5ccc(N6CCN(c8ccc(OC)cc8)CC6)cc5)C=C7)cc4)cc3)cc2)CC1. The maximum atomic E-state index is 13.5. The number of piperazine rings is 1. The maximum Gasteiger partial charge on any atom is 0.255 e. The lowest BCUT2D eigenvalue weighted by Crippen LogP contribution is -2.46. The Morgan fingerprint density at radius 2 is 1.29 bits per heavy atom. The second-order valence-electron chi connectivity index (χ2n) is 20.3. The van der Waals surface area contributed by atoms with Crippen LogP contribution in [-0.2, 0) is 5.60 Å². The molecular formula is C66H65N3O4. The Morgan fingerprint density at radius 3 is 1.93 bits per heavy atom. The Bertz CT molecular complexity index is 3190. The van der Waals surface area contributed by atoms with E-state index < -0.39 is 5.60 Å². The first-order valence-corrected chi connectivity index (χ1v) is 26.4. The van der Waals surface area contributed by atoms with Crippen LogP contribution in [0, 0.1) is 5.92 Å². The minimum absolute atomic E-state index is 0.146. The number of unbranched alkanes of at least 4 members (excludes halogenated alkanes) is 2. The quantitative estimate of drug-likeness (QED) is 0.106. The zero-order valence-corrected chi connectivity index (χ0v) is 42.1. The van der Waals surface area contributed by atoms with Gasteiger partial charge < -0.3 is 29.7 Å². The van der Waals surface area contributed by atoms with Crippen molar-refractivity contribution >= 4 is 39.8 Å². The number of nitrogens with one attached hydrogen (secondary N) is 1. The number of hydrogen-bond acceptors (Lipinski definition) is 6. The van der Waals surface area contributed by atoms with Crippen LogP contribution in [0.3, 0.4) is 0 Å². The van der Waals surface area contributed by atoms with Gasteiger partial charge in [0.25, 0.3) is 5.91 Å². The first-order valence-electron chi connectivity index (χ1n) is 26.4. The summed E-state index contributed by atoms with van der Waals surface area (Å²) in [7, 11) is 1.70. The molecule has 73 heavy (non-hydrogen) atoms. The number of aromatic hydroxyl groups is 1. The second kappa shape index (κ2) is 21.1. The minimum Gasteiger partial charge on any atom is -0.507 e. The molecule has 0 spiro atoms. The molecule has 8 aromatic carbocycles. The molecule has 1 saturated heterocycles. The number of nitrogens with zero attached hydrogens (tertiary/aromatic N) is 2. The number of hydrogen-bond donors (Lipinski definition) is 2. The van der Waals surface area contributed by atoms with E-state index in [1.165, 1.54) is 68.3 Å². The van der Waals surface area contributed by atoms with Gasteiger partial charge in [-0.3, -0.25) is 4.79 Å². The van der Waals surface area contributed by atoms with Crippen molar-refractivity contribution in [3.8, 4) is 39.5 Å². The first kappa shape index (κ1) is 47.5. The van der Waals surface area contributed by atoms with Crippen molar-refractivity contribution in [2.45, 2.75) is 69.8 Å². The number of methoxy groups -OCH3 is 1. The lowest BCUT2D eigenvalue weighted by molar-refractivity contribution is 0.102. The van der Waals surface area contributed by atoms with E-state index in [2.05, 4.69) is 131 Å². The van der Waals surface area contributed by atoms with Crippen LogP contribution in [0.15, 0.2) is 182 Å². The van der Waals surface area contributed by atoms with Crippen molar-refractivity contribution in [1.29, 1.82) is 0 Å². The number of benzene rings is 8. The number of anilines is 3. The summed E-state index contributed by atoms with van der Waals surface area (Å²) in [6.07, 6.45) is 15.1. The molecule has 7 nitrogen and oxygen atoms in total. The number of amides is 1. The molecule has 0 radical (unpaired) electrons. The molecule has 2 aliphatic heterocycles. The molecule has 2 fully saturated rings. The molecule has 1 amide bonds. The molecule has 1 saturated carbocycles. The maximum absolute atomic E-state index is 13.5. The summed E-state index contributed by atoms with van der Waals surface area (Å²) < 4.78 is 12.6. The average Bonchev–Trinajstić information content (AvgIpc) is 3.46. The standard InChI is InChI=1S/C66H65N3O4/c1-3-4-6-9-46-12-14-47(15-13-46)48-16-18-49(19-17-48)50-20-23-53(24-21-50)65(71)67-57-30-26-51(27-31-57)61-44-54-25-22-52-38-39-66(55-10-7-5-8-11-55,73-64(52)62(54)45-63(61)70)56-28-32-58(33-29-56)68-40-42-69(43-41-68)59-34-36-60(72-2)37-35-59/h5,7-8,10-11,16-39,44-47,70H,3-4,6,9,12-15,40-43H2,1-2H3,(H,67,71)/t46-,47-,66?. The number of ether oxygens (including phenoxy) is 2. The van der Waals surface area contributed by atoms with Gasteiger partial charge in [0.2, 0.25) is 0 Å². The lowest BCUT2D eigenvalue weighted by atomic mass is 9.77. The predicted molar refractivity (Wildman–Crippen MR) is 300 cm³/mol. The summed E-state index contributed by atoms with van der Waals surface area (Å²) in [5.74, 6) is 3.14. The molecule has 7 heteroatoms. The van der Waals surface area contributed by atoms with Crippen LogP contribution in [0.5, 0.6) is 17.2 Å². The Labute approximate surface area is 430 Å². The van der Waals surface area contributed by atoms with Gasteiger partial charge in [-0.25, -0.2) is 0 Å². The summed E-state index contributed by atoms with van der Waals surface area (Å²) in [5, 5.41) is 16.5. The predicted octanol–water partition coefficient (Wildman–Crippen LogP) is 15.7. The van der Waals surface area contributed by atoms with Crippen molar-refractivity contribution in [2.24, 2.45) is 5.92 Å². The third-order valence-corrected chi connectivity index (χ3v) is 15.8. The Hall–Kier alpha value is -7.77. The molecule has 11 rings (SSSR count). The van der Waals surface area contributed by atoms with E-state index in [0.29, 0.717) is 28.5 Å². The van der Waals surface area contributed by atoms with Gasteiger partial charge in [0.15, 0.2) is 5.60 Å². The third-order valence-electron chi connectivity index (χ3n) is 15.8. The molecule has 1 atom stereocenters. The smallest absolute Gasteiger partial charge is 0.255 e. The van der Waals surface area contributed by atoms with Gasteiger partial charge in [-0.05, 0) is 144 Å². The van der Waals surface area contributed by atoms with Crippen molar-refractivity contribution in [3.63, 3.8) is 0 Å². The van der Waals surface area contributed by atoms with Gasteiger partial charge in [0.05, 0.1) is 7.11 Å². The van der Waals surface area contributed by atoms with Gasteiger partial charge in [0.1, 0.15) is 17.2 Å². The highest BCUT2D eigenvalue weighted by atomic mass is 16.5. The van der Waals surface area contributed by atoms with Gasteiger partial charge in [0, 0.05) is 76.4 Å². The van der Waals surface area contributed by atoms with E-state index in [0.717, 1.165) is 82.0 Å². The highest BCUT2D eigenvalue weighted by molar-refractivity contribution is 6.05. The molecule has 368 valence electrons. The number of phenols is 1. The summed E-state index contributed by atoms with van der Waals surface area (Å²) in [6.45, 7) is 5.99. The minimum atomic E-state index is -0.900. The molecular weight excluding hydrogens is 899 g/mol. The van der Waals surface area contributed by atoms with Crippen LogP contribution in [0.2, 0.25) is 0 Å². The van der Waals surface area contributed by atoms with E-state index in [-0.39, 0.29) is 11.7 Å². The molecule has 0 aromatic heterocycles. The Kier molecular flexibility index (Phi) is 13.8. The van der Waals surface area contributed by atoms with Crippen molar-refractivity contribution in [1.82, 2.24) is 0 Å². The lowest BCUT2D eigenvalue weighted by Gasteiger charge is -2.38. The van der Waals surface area contributed by atoms with Gasteiger partial charge in [-0.15, -0.1) is 0 Å².